The van der Waals surface area contributed by atoms with E-state index in [0.717, 1.165) is 64.2 Å². The molecule has 3 rings (SSSR count). The van der Waals surface area contributed by atoms with Crippen LogP contribution in [0.25, 0.3) is 0 Å². The molecule has 1 aliphatic heterocycles. The lowest BCUT2D eigenvalue weighted by molar-refractivity contribution is -0.145. The lowest BCUT2D eigenvalue weighted by Gasteiger charge is -2.30. The third kappa shape index (κ3) is 8.71. The highest BCUT2D eigenvalue weighted by molar-refractivity contribution is 5.86. The highest BCUT2D eigenvalue weighted by Gasteiger charge is 2.35. The lowest BCUT2D eigenvalue weighted by atomic mass is 9.84. The van der Waals surface area contributed by atoms with E-state index in [2.05, 4.69) is 10.6 Å². The molecule has 1 heterocycles. The third-order valence-electron chi connectivity index (χ3n) is 7.79. The van der Waals surface area contributed by atoms with E-state index in [4.69, 9.17) is 4.74 Å². The van der Waals surface area contributed by atoms with Crippen LogP contribution in [-0.2, 0) is 19.1 Å². The highest BCUT2D eigenvalue weighted by Crippen LogP contribution is 2.30. The zero-order chi connectivity index (χ0) is 24.2. The van der Waals surface area contributed by atoms with E-state index in [1.54, 1.807) is 0 Å². The number of ether oxygens (including phenoxy) is 1. The molecule has 0 bridgehead atoms. The van der Waals surface area contributed by atoms with Crippen molar-refractivity contribution in [3.63, 3.8) is 0 Å². The number of esters is 1. The van der Waals surface area contributed by atoms with E-state index in [1.165, 1.54) is 19.3 Å². The summed E-state index contributed by atoms with van der Waals surface area (Å²) in [5.74, 6) is -0.490. The molecule has 0 saturated heterocycles. The summed E-state index contributed by atoms with van der Waals surface area (Å²) in [6.45, 7) is 0.133. The molecule has 2 aliphatic carbocycles. The summed E-state index contributed by atoms with van der Waals surface area (Å²) in [7, 11) is 0. The van der Waals surface area contributed by atoms with Gasteiger partial charge < -0.3 is 20.5 Å². The van der Waals surface area contributed by atoms with Crippen LogP contribution in [0.4, 0.5) is 0 Å². The molecule has 0 aromatic heterocycles. The number of nitrogens with one attached hydrogen (secondary N) is 2. The second-order valence-corrected chi connectivity index (χ2v) is 10.7. The summed E-state index contributed by atoms with van der Waals surface area (Å²) in [5.41, 5.74) is -0.539. The number of hydrogen-bond acceptors (Lipinski definition) is 5. The fourth-order valence-corrected chi connectivity index (χ4v) is 5.72. The van der Waals surface area contributed by atoms with Crippen molar-refractivity contribution in [1.82, 2.24) is 10.6 Å². The van der Waals surface area contributed by atoms with Crippen LogP contribution in [0.2, 0.25) is 0 Å². The number of hydrogen-bond donors (Lipinski definition) is 3. The normalized spacial score (nSPS) is 27.4. The maximum atomic E-state index is 13.3. The molecule has 0 spiro atoms. The number of rotatable bonds is 6. The first-order valence-corrected chi connectivity index (χ1v) is 13.5. The summed E-state index contributed by atoms with van der Waals surface area (Å²) in [5, 5.41) is 16.0. The summed E-state index contributed by atoms with van der Waals surface area (Å²) in [6.07, 6.45) is 17.9. The van der Waals surface area contributed by atoms with Gasteiger partial charge in [0.15, 0.2) is 0 Å². The lowest BCUT2D eigenvalue weighted by Crippen LogP contribution is -2.50. The van der Waals surface area contributed by atoms with Crippen LogP contribution in [0.5, 0.6) is 0 Å². The largest absolute Gasteiger partial charge is 0.463 e. The van der Waals surface area contributed by atoms with Gasteiger partial charge in [0.1, 0.15) is 6.61 Å². The molecule has 0 aromatic rings. The van der Waals surface area contributed by atoms with Crippen molar-refractivity contribution in [2.45, 2.75) is 114 Å². The Hall–Kier alpha value is -1.89. The second-order valence-electron chi connectivity index (χ2n) is 10.7. The third-order valence-corrected chi connectivity index (χ3v) is 7.79. The number of amides is 2. The SMILES string of the molecule is O=C(CC1CC=CCCCCC(=O)OCC(CC2CCCCC2)NC1=O)NC1(CO)CCCC1. The molecule has 7 nitrogen and oxygen atoms in total. The van der Waals surface area contributed by atoms with Crippen LogP contribution in [0.15, 0.2) is 12.2 Å². The van der Waals surface area contributed by atoms with Gasteiger partial charge in [0.2, 0.25) is 11.8 Å². The smallest absolute Gasteiger partial charge is 0.305 e. The molecule has 2 amide bonds. The van der Waals surface area contributed by atoms with Crippen molar-refractivity contribution in [3.05, 3.63) is 12.2 Å². The van der Waals surface area contributed by atoms with E-state index in [-0.39, 0.29) is 43.5 Å². The summed E-state index contributed by atoms with van der Waals surface area (Å²) in [4.78, 5) is 38.4. The Labute approximate surface area is 204 Å². The highest BCUT2D eigenvalue weighted by atomic mass is 16.5. The summed E-state index contributed by atoms with van der Waals surface area (Å²) < 4.78 is 5.54. The average molecular weight is 477 g/mol. The van der Waals surface area contributed by atoms with Gasteiger partial charge in [0, 0.05) is 12.8 Å². The predicted molar refractivity (Wildman–Crippen MR) is 131 cm³/mol. The summed E-state index contributed by atoms with van der Waals surface area (Å²) >= 11 is 0. The van der Waals surface area contributed by atoms with E-state index >= 15 is 0 Å². The topological polar surface area (TPSA) is 105 Å². The molecule has 3 aliphatic rings. The van der Waals surface area contributed by atoms with Crippen LogP contribution in [0, 0.1) is 11.8 Å². The molecule has 0 radical (unpaired) electrons. The number of aliphatic hydroxyl groups excluding tert-OH is 1. The van der Waals surface area contributed by atoms with Crippen LogP contribution in [-0.4, -0.2) is 47.7 Å². The van der Waals surface area contributed by atoms with Gasteiger partial charge in [-0.25, -0.2) is 0 Å². The fourth-order valence-electron chi connectivity index (χ4n) is 5.72. The van der Waals surface area contributed by atoms with E-state index in [0.29, 0.717) is 18.8 Å². The fraction of sp³-hybridized carbons (Fsp3) is 0.815. The molecule has 2 atom stereocenters. The van der Waals surface area contributed by atoms with Crippen LogP contribution >= 0.6 is 0 Å². The van der Waals surface area contributed by atoms with Gasteiger partial charge in [0.25, 0.3) is 0 Å². The Bertz CT molecular complexity index is 695. The van der Waals surface area contributed by atoms with Gasteiger partial charge in [-0.2, -0.15) is 0 Å². The Morgan fingerprint density at radius 3 is 2.56 bits per heavy atom. The quantitative estimate of drug-likeness (QED) is 0.398. The van der Waals surface area contributed by atoms with Crippen molar-refractivity contribution >= 4 is 17.8 Å². The van der Waals surface area contributed by atoms with Crippen molar-refractivity contribution < 1.29 is 24.2 Å². The molecule has 7 heteroatoms. The molecule has 2 fully saturated rings. The number of carbonyl (C=O) groups is 3. The molecule has 192 valence electrons. The van der Waals surface area contributed by atoms with Gasteiger partial charge >= 0.3 is 5.97 Å². The second kappa shape index (κ2) is 13.9. The minimum Gasteiger partial charge on any atom is -0.463 e. The maximum Gasteiger partial charge on any atom is 0.305 e. The van der Waals surface area contributed by atoms with E-state index in [1.807, 2.05) is 12.2 Å². The van der Waals surface area contributed by atoms with Crippen molar-refractivity contribution in [2.75, 3.05) is 13.2 Å². The van der Waals surface area contributed by atoms with Gasteiger partial charge in [-0.3, -0.25) is 14.4 Å². The molecule has 0 aromatic carbocycles. The Balaban J connectivity index is 1.66. The predicted octanol–water partition coefficient (Wildman–Crippen LogP) is 3.93. The average Bonchev–Trinajstić information content (AvgIpc) is 3.30. The number of allylic oxidation sites excluding steroid dienone is 2. The van der Waals surface area contributed by atoms with Gasteiger partial charge in [-0.05, 0) is 50.9 Å². The first-order valence-electron chi connectivity index (χ1n) is 13.5. The van der Waals surface area contributed by atoms with Crippen LogP contribution < -0.4 is 10.6 Å². The molecular weight excluding hydrogens is 432 g/mol. The molecule has 2 unspecified atom stereocenters. The van der Waals surface area contributed by atoms with E-state index in [9.17, 15) is 19.5 Å². The van der Waals surface area contributed by atoms with Gasteiger partial charge in [-0.15, -0.1) is 0 Å². The number of cyclic esters (lactones) is 1. The zero-order valence-electron chi connectivity index (χ0n) is 20.7. The molecular formula is C27H44N2O5. The first kappa shape index (κ1) is 26.7. The minimum atomic E-state index is -0.539. The molecule has 34 heavy (non-hydrogen) atoms. The monoisotopic (exact) mass is 476 g/mol. The van der Waals surface area contributed by atoms with Crippen LogP contribution in [0.3, 0.4) is 0 Å². The minimum absolute atomic E-state index is 0.0651. The van der Waals surface area contributed by atoms with Gasteiger partial charge in [-0.1, -0.05) is 57.1 Å². The van der Waals surface area contributed by atoms with Gasteiger partial charge in [0.05, 0.1) is 24.1 Å². The maximum absolute atomic E-state index is 13.3. The number of aliphatic hydroxyl groups is 1. The van der Waals surface area contributed by atoms with Crippen molar-refractivity contribution in [2.24, 2.45) is 11.8 Å². The Kier molecular flexibility index (Phi) is 10.9. The summed E-state index contributed by atoms with van der Waals surface area (Å²) in [6, 6.07) is -0.226. The number of carbonyl (C=O) groups excluding carboxylic acids is 3. The first-order chi connectivity index (χ1) is 16.5. The zero-order valence-corrected chi connectivity index (χ0v) is 20.7. The Morgan fingerprint density at radius 2 is 1.82 bits per heavy atom. The van der Waals surface area contributed by atoms with Crippen molar-refractivity contribution in [1.29, 1.82) is 0 Å². The Morgan fingerprint density at radius 1 is 1.06 bits per heavy atom. The molecule has 2 saturated carbocycles. The van der Waals surface area contributed by atoms with Crippen LogP contribution in [0.1, 0.15) is 103 Å². The van der Waals surface area contributed by atoms with E-state index < -0.39 is 11.5 Å². The van der Waals surface area contributed by atoms with Crippen molar-refractivity contribution in [3.8, 4) is 0 Å². The molecule has 3 N–H and O–H groups in total. The standard InChI is InChI=1S/C27H44N2O5/c30-20-27(15-9-10-16-27)29-24(31)18-22-13-7-2-1-3-8-14-25(32)34-19-23(28-26(22)33)17-21-11-5-4-6-12-21/h2,7,21-23,30H,1,3-6,8-20H2,(H,28,33)(H,29,31).